The number of methoxy groups -OCH3 is 1. The maximum atomic E-state index is 15.5. The molecule has 5 aliphatic carbocycles. The number of phenols is 1. The summed E-state index contributed by atoms with van der Waals surface area (Å²) in [7, 11) is 1.32. The van der Waals surface area contributed by atoms with Gasteiger partial charge in [-0.05, 0) is 154 Å². The van der Waals surface area contributed by atoms with Gasteiger partial charge < -0.3 is 217 Å². The summed E-state index contributed by atoms with van der Waals surface area (Å²) in [6, 6.07) is 4.14. The highest BCUT2D eigenvalue weighted by molar-refractivity contribution is 5.87. The van der Waals surface area contributed by atoms with Crippen LogP contribution in [-0.2, 0) is 99.6 Å². The average molecular weight is 1980 g/mol. The van der Waals surface area contributed by atoms with Crippen LogP contribution >= 0.6 is 0 Å². The maximum absolute atomic E-state index is 15.5. The van der Waals surface area contributed by atoms with Crippen molar-refractivity contribution in [1.29, 1.82) is 0 Å². The number of carbonyl (C=O) groups is 2. The van der Waals surface area contributed by atoms with E-state index in [-0.39, 0.29) is 51.1 Å². The second-order valence-corrected chi connectivity index (χ2v) is 42.1. The van der Waals surface area contributed by atoms with Crippen LogP contribution in [0.4, 0.5) is 0 Å². The third-order valence-corrected chi connectivity index (χ3v) is 32.9. The van der Waals surface area contributed by atoms with Crippen LogP contribution in [0, 0.1) is 50.2 Å². The van der Waals surface area contributed by atoms with E-state index in [0.29, 0.717) is 51.4 Å². The summed E-state index contributed by atoms with van der Waals surface area (Å²) in [5.74, 6) is -2.25. The Bertz CT molecular complexity index is 4300. The van der Waals surface area contributed by atoms with Crippen molar-refractivity contribution >= 4 is 18.0 Å². The molecule has 4 saturated carbocycles. The molecule has 0 amide bonds. The molecule has 9 heterocycles. The van der Waals surface area contributed by atoms with E-state index in [9.17, 15) is 127 Å². The van der Waals surface area contributed by atoms with Gasteiger partial charge in [-0.2, -0.15) is 0 Å². The highest BCUT2D eigenvalue weighted by Crippen LogP contribution is 2.76. The zero-order valence-electron chi connectivity index (χ0n) is 78.6. The highest BCUT2D eigenvalue weighted by Gasteiger charge is 2.71. The van der Waals surface area contributed by atoms with E-state index in [0.717, 1.165) is 24.5 Å². The second kappa shape index (κ2) is 42.5. The van der Waals surface area contributed by atoms with Crippen molar-refractivity contribution in [3.63, 3.8) is 0 Å². The predicted octanol–water partition coefficient (Wildman–Crippen LogP) is -6.57. The second-order valence-electron chi connectivity index (χ2n) is 42.1. The molecule has 0 bridgehead atoms. The molecular formula is C92H142O46. The van der Waals surface area contributed by atoms with Gasteiger partial charge in [0.1, 0.15) is 183 Å². The van der Waals surface area contributed by atoms with Crippen LogP contribution in [0.5, 0.6) is 11.5 Å². The molecule has 1 aromatic carbocycles. The van der Waals surface area contributed by atoms with Crippen molar-refractivity contribution in [3.05, 3.63) is 41.5 Å². The number of ether oxygens (including phenoxy) is 20. The number of aliphatic hydroxyl groups excluding tert-OH is 23. The van der Waals surface area contributed by atoms with Crippen LogP contribution in [0.2, 0.25) is 0 Å². The van der Waals surface area contributed by atoms with Gasteiger partial charge in [0.2, 0.25) is 6.29 Å². The molecule has 786 valence electrons. The molecule has 9 aliphatic heterocycles. The Hall–Kier alpha value is -4.36. The number of rotatable bonds is 26. The summed E-state index contributed by atoms with van der Waals surface area (Å²) in [5.41, 5.74) is -1.71. The standard InChI is InChI=1S/C92H142O46/c1-34-52(98)60(106)65(111)77(124-34)121-33-47-59(105)74(133-51(97)17-13-37-12-15-42(119-11)40(95)26-37)70(116)84(131-47)136-75-58(104)43(28-93)127-83(71(75)117)130-46-32-123-79(64(110)57(46)103)135-73-54(100)36(3)126-82(69(73)115)137-76-55(101)41(96)30-120-85(76)132-50-19-20-89(8)48(88(50,6)7)18-21-91(10)49(89)16-14-38-39-27-87(4,5)22-24-92(39,25-23-90(38,91)9)86(118)138-81-67(113)62(108)56(102)45(129-81)31-122-78-68(114)63(109)72(44(29-94)128-78)134-80-66(112)61(107)53(99)35(2)125-80/h12-15,17,26,34-36,39,41,43-50,52-85,93-96,98-117H,16,18-25,27-33H2,1-11H3/b17-13+/t34-,35-,36-,39-,41-,43+,44+,45+,46+,47+,48-,49+,50-,52-,53-,54-,55-,56+,57+,58+,59+,60+,61+,62-,63+,64+,65+,66+,67+,68+,69+,70+,71+,72+,73+,74-,75-,76+,77+,78+,79-,80-,81-,82-,83-,84-,85-,89-,90+,91+,92-/m0/s1. The van der Waals surface area contributed by atoms with E-state index < -0.39 is 338 Å². The van der Waals surface area contributed by atoms with Crippen LogP contribution in [0.3, 0.4) is 0 Å². The fraction of sp³-hybridized carbons (Fsp3) is 0.870. The molecule has 1 aromatic rings. The third kappa shape index (κ3) is 20.3. The highest BCUT2D eigenvalue weighted by atomic mass is 16.8. The van der Waals surface area contributed by atoms with Gasteiger partial charge in [-0.1, -0.05) is 66.2 Å². The van der Waals surface area contributed by atoms with Crippen LogP contribution in [0.15, 0.2) is 35.9 Å². The van der Waals surface area contributed by atoms with Gasteiger partial charge in [0, 0.05) is 6.08 Å². The summed E-state index contributed by atoms with van der Waals surface area (Å²) in [6.45, 7) is 15.3. The first-order chi connectivity index (χ1) is 65.0. The molecule has 0 aromatic heterocycles. The minimum absolute atomic E-state index is 0.00588. The normalized spacial score (nSPS) is 50.8. The molecule has 0 unspecified atom stereocenters. The zero-order chi connectivity index (χ0) is 100. The lowest BCUT2D eigenvalue weighted by Crippen LogP contribution is -2.67. The average Bonchev–Trinajstić information content (AvgIpc) is 0.672. The van der Waals surface area contributed by atoms with Crippen molar-refractivity contribution in [1.82, 2.24) is 0 Å². The van der Waals surface area contributed by atoms with E-state index in [1.54, 1.807) is 0 Å². The Balaban J connectivity index is 0.573. The summed E-state index contributed by atoms with van der Waals surface area (Å²) >= 11 is 0. The van der Waals surface area contributed by atoms with E-state index in [4.69, 9.17) is 94.7 Å². The van der Waals surface area contributed by atoms with Crippen molar-refractivity contribution in [2.45, 2.75) is 404 Å². The first-order valence-electron chi connectivity index (χ1n) is 47.6. The number of aliphatic hydroxyl groups is 23. The Morgan fingerprint density at radius 2 is 0.942 bits per heavy atom. The van der Waals surface area contributed by atoms with Gasteiger partial charge in [-0.3, -0.25) is 4.79 Å². The van der Waals surface area contributed by atoms with Crippen molar-refractivity contribution in [2.75, 3.05) is 46.8 Å². The fourth-order valence-electron chi connectivity index (χ4n) is 24.2. The van der Waals surface area contributed by atoms with Crippen LogP contribution in [0.25, 0.3) is 6.08 Å². The quantitative estimate of drug-likeness (QED) is 0.0177. The van der Waals surface area contributed by atoms with Gasteiger partial charge >= 0.3 is 11.9 Å². The topological polar surface area (TPSA) is 704 Å². The number of hydrogen-bond acceptors (Lipinski definition) is 46. The SMILES string of the molecule is COc1ccc(/C=C/C(=O)O[C@@H]2[C@@H](O)[C@H](O[C@@H]3[C@@H](O)[C@H](O[C@@H]4CO[C@@H](O[C@@H]5[C@@H](O)[C@H](C)O[C@@H](O[C@H]6[C@H](O[C@H]7CC[C@]8(C)[C@H]9CC=C%10[C@@H]%11CC(C)(C)CC[C@]%11(C(=O)O[C@@H]%11O[C@H](CO[C@@H]%12O[C@H](CO)[C@@H](O[C@@H]%13O[C@@H](C)[C@H](O)[C@@H](O)[C@H]%13O)[C@H](O)[C@H]%12O)[C@@H](O)[C@H](O)[C@H]%11O)CC[C@@]%10(C)[C@]9(C)CC[C@H]8C7(C)C)OC[C@H](O)[C@@H]6O)[C@@H]5O)[C@H](O)[C@@H]4O)O[C@H](CO)[C@H]3O)O[C@H](CO[C@@H]3O[C@@H](C)[C@H](O)[C@@H](O)[C@H]3O)[C@H]2O)cc1O. The Labute approximate surface area is 795 Å². The number of fused-ring (bicyclic) bond motifs is 7. The Kier molecular flexibility index (Phi) is 33.2. The number of allylic oxidation sites excluding steroid dienone is 2. The van der Waals surface area contributed by atoms with Crippen LogP contribution in [-0.4, -0.2) is 451 Å². The third-order valence-electron chi connectivity index (χ3n) is 32.9. The Morgan fingerprint density at radius 3 is 1.59 bits per heavy atom. The summed E-state index contributed by atoms with van der Waals surface area (Å²) in [5, 5.41) is 268. The van der Waals surface area contributed by atoms with Gasteiger partial charge in [0.15, 0.2) is 67.9 Å². The number of esters is 2. The van der Waals surface area contributed by atoms with Gasteiger partial charge in [0.25, 0.3) is 0 Å². The first-order valence-corrected chi connectivity index (χ1v) is 47.6. The number of hydrogen-bond donors (Lipinski definition) is 24. The van der Waals surface area contributed by atoms with Gasteiger partial charge in [0.05, 0.1) is 76.6 Å². The van der Waals surface area contributed by atoms with Crippen molar-refractivity contribution in [2.24, 2.45) is 50.2 Å². The monoisotopic (exact) mass is 1980 g/mol. The molecule has 46 heteroatoms. The Morgan fingerprint density at radius 1 is 0.435 bits per heavy atom. The lowest BCUT2D eigenvalue weighted by molar-refractivity contribution is -0.387. The van der Waals surface area contributed by atoms with E-state index >= 15 is 4.79 Å². The van der Waals surface area contributed by atoms with Crippen LogP contribution in [0.1, 0.15) is 139 Å². The van der Waals surface area contributed by atoms with Crippen LogP contribution < -0.4 is 4.74 Å². The minimum atomic E-state index is -2.20. The molecule has 46 nitrogen and oxygen atoms in total. The maximum Gasteiger partial charge on any atom is 0.331 e. The summed E-state index contributed by atoms with van der Waals surface area (Å²) in [6.07, 6.45) is -66.2. The number of carbonyl (C=O) groups excluding carboxylic acids is 2. The van der Waals surface area contributed by atoms with Crippen molar-refractivity contribution in [3.8, 4) is 11.5 Å². The van der Waals surface area contributed by atoms with Crippen molar-refractivity contribution < 1.29 is 227 Å². The number of phenolic OH excluding ortho intramolecular Hbond substituents is 1. The zero-order valence-corrected chi connectivity index (χ0v) is 78.6. The predicted molar refractivity (Wildman–Crippen MR) is 457 cm³/mol. The van der Waals surface area contributed by atoms with E-state index in [1.807, 2.05) is 0 Å². The van der Waals surface area contributed by atoms with E-state index in [1.165, 1.54) is 52.2 Å². The largest absolute Gasteiger partial charge is 0.504 e. The molecule has 0 radical (unpaired) electrons. The lowest BCUT2D eigenvalue weighted by Gasteiger charge is -2.71. The molecule has 138 heavy (non-hydrogen) atoms. The molecule has 14 aliphatic rings. The molecule has 13 fully saturated rings. The summed E-state index contributed by atoms with van der Waals surface area (Å²) < 4.78 is 118. The molecule has 15 rings (SSSR count). The lowest BCUT2D eigenvalue weighted by atomic mass is 9.33. The molecule has 51 atom stereocenters. The molecule has 24 N–H and O–H groups in total. The number of benzene rings is 1. The summed E-state index contributed by atoms with van der Waals surface area (Å²) in [4.78, 5) is 28.9. The van der Waals surface area contributed by atoms with Gasteiger partial charge in [-0.15, -0.1) is 0 Å². The van der Waals surface area contributed by atoms with E-state index in [2.05, 4.69) is 54.5 Å². The first kappa shape index (κ1) is 108. The smallest absolute Gasteiger partial charge is 0.331 e. The molecule has 0 spiro atoms. The fourth-order valence-corrected chi connectivity index (χ4v) is 24.2. The van der Waals surface area contributed by atoms with Gasteiger partial charge in [-0.25, -0.2) is 4.79 Å². The molecule has 9 saturated heterocycles. The minimum Gasteiger partial charge on any atom is -0.504 e. The molecular weight excluding hydrogens is 1840 g/mol. The number of aromatic hydroxyl groups is 1.